The summed E-state index contributed by atoms with van der Waals surface area (Å²) in [7, 11) is 0. The van der Waals surface area contributed by atoms with Gasteiger partial charge in [-0.3, -0.25) is 4.79 Å². The van der Waals surface area contributed by atoms with E-state index >= 15 is 0 Å². The lowest BCUT2D eigenvalue weighted by atomic mass is 9.99. The second-order valence-corrected chi connectivity index (χ2v) is 7.19. The number of aromatic nitrogens is 2. The molecule has 0 spiro atoms. The van der Waals surface area contributed by atoms with Crippen molar-refractivity contribution in [2.75, 3.05) is 23.3 Å². The van der Waals surface area contributed by atoms with Gasteiger partial charge >= 0.3 is 0 Å². The summed E-state index contributed by atoms with van der Waals surface area (Å²) in [5.41, 5.74) is 0.779. The van der Waals surface area contributed by atoms with E-state index in [2.05, 4.69) is 39.1 Å². The molecule has 3 rings (SSSR count). The Kier molecular flexibility index (Phi) is 8.72. The van der Waals surface area contributed by atoms with Gasteiger partial charge in [-0.15, -0.1) is 0 Å². The van der Waals surface area contributed by atoms with Crippen molar-refractivity contribution in [2.24, 2.45) is 5.92 Å². The Bertz CT molecular complexity index is 685. The molecule has 1 N–H and O–H groups in total. The summed E-state index contributed by atoms with van der Waals surface area (Å²) in [6.07, 6.45) is 10.7. The number of hydrogen-bond donors (Lipinski definition) is 1. The van der Waals surface area contributed by atoms with Crippen molar-refractivity contribution in [2.45, 2.75) is 45.6 Å². The van der Waals surface area contributed by atoms with Crippen LogP contribution >= 0.6 is 0 Å². The minimum absolute atomic E-state index is 0. The Hall–Kier alpha value is -1.95. The Labute approximate surface area is 172 Å². The van der Waals surface area contributed by atoms with Crippen molar-refractivity contribution in [1.29, 1.82) is 0 Å². The SMILES string of the molecule is CC1CCN(c2ccc(NC(=O)CCCC[n+]3ccccc3)cn2)CC1.[Br-]. The van der Waals surface area contributed by atoms with E-state index in [1.54, 1.807) is 6.20 Å². The summed E-state index contributed by atoms with van der Waals surface area (Å²) in [5, 5.41) is 2.95. The average Bonchev–Trinajstić information content (AvgIpc) is 2.67. The number of halogens is 1. The summed E-state index contributed by atoms with van der Waals surface area (Å²) in [6, 6.07) is 10.0. The van der Waals surface area contributed by atoms with E-state index in [1.165, 1.54) is 12.8 Å². The number of nitrogens with zero attached hydrogens (tertiary/aromatic N) is 3. The summed E-state index contributed by atoms with van der Waals surface area (Å²) in [5.74, 6) is 1.88. The van der Waals surface area contributed by atoms with Gasteiger partial charge in [0.05, 0.1) is 11.9 Å². The van der Waals surface area contributed by atoms with Gasteiger partial charge < -0.3 is 27.2 Å². The molecule has 0 aromatic carbocycles. The molecule has 2 aromatic heterocycles. The number of pyridine rings is 2. The van der Waals surface area contributed by atoms with E-state index in [4.69, 9.17) is 0 Å². The van der Waals surface area contributed by atoms with Crippen molar-refractivity contribution < 1.29 is 26.3 Å². The van der Waals surface area contributed by atoms with Crippen LogP contribution in [0.5, 0.6) is 0 Å². The number of rotatable bonds is 7. The molecule has 1 aliphatic rings. The summed E-state index contributed by atoms with van der Waals surface area (Å²) >= 11 is 0. The predicted octanol–water partition coefficient (Wildman–Crippen LogP) is 0.418. The first-order valence-corrected chi connectivity index (χ1v) is 9.65. The van der Waals surface area contributed by atoms with Crippen molar-refractivity contribution in [3.8, 4) is 0 Å². The Balaban J connectivity index is 0.00000261. The molecule has 0 radical (unpaired) electrons. The molecule has 146 valence electrons. The molecule has 1 aliphatic heterocycles. The molecule has 3 heterocycles. The zero-order valence-electron chi connectivity index (χ0n) is 16.0. The second kappa shape index (κ2) is 11.0. The molecule has 0 bridgehead atoms. The fourth-order valence-electron chi connectivity index (χ4n) is 3.27. The molecule has 2 aromatic rings. The van der Waals surface area contributed by atoms with Crippen molar-refractivity contribution in [3.63, 3.8) is 0 Å². The Morgan fingerprint density at radius 3 is 2.59 bits per heavy atom. The number of piperidine rings is 1. The highest BCUT2D eigenvalue weighted by Crippen LogP contribution is 2.22. The molecular formula is C21H29BrN4O. The summed E-state index contributed by atoms with van der Waals surface area (Å²) < 4.78 is 2.14. The zero-order chi connectivity index (χ0) is 18.2. The number of carbonyl (C=O) groups excluding carboxylic acids is 1. The predicted molar refractivity (Wildman–Crippen MR) is 104 cm³/mol. The van der Waals surface area contributed by atoms with Crippen LogP contribution in [-0.2, 0) is 11.3 Å². The lowest BCUT2D eigenvalue weighted by Crippen LogP contribution is -3.00. The number of carbonyl (C=O) groups is 1. The van der Waals surface area contributed by atoms with Crippen LogP contribution in [0.2, 0.25) is 0 Å². The van der Waals surface area contributed by atoms with E-state index < -0.39 is 0 Å². The summed E-state index contributed by atoms with van der Waals surface area (Å²) in [4.78, 5) is 18.9. The minimum atomic E-state index is 0. The smallest absolute Gasteiger partial charge is 0.224 e. The first kappa shape index (κ1) is 21.4. The van der Waals surface area contributed by atoms with Crippen molar-refractivity contribution in [1.82, 2.24) is 4.98 Å². The molecule has 0 unspecified atom stereocenters. The van der Waals surface area contributed by atoms with Crippen LogP contribution in [0.15, 0.2) is 48.9 Å². The molecule has 5 nitrogen and oxygen atoms in total. The van der Waals surface area contributed by atoms with Crippen LogP contribution < -0.4 is 31.8 Å². The third-order valence-electron chi connectivity index (χ3n) is 4.99. The number of aryl methyl sites for hydroxylation is 1. The number of nitrogens with one attached hydrogen (secondary N) is 1. The van der Waals surface area contributed by atoms with Gasteiger partial charge in [0, 0.05) is 38.1 Å². The molecule has 1 fully saturated rings. The van der Waals surface area contributed by atoms with Gasteiger partial charge in [0.1, 0.15) is 12.4 Å². The molecule has 0 atom stereocenters. The van der Waals surface area contributed by atoms with Crippen LogP contribution in [0.1, 0.15) is 39.0 Å². The Morgan fingerprint density at radius 2 is 1.93 bits per heavy atom. The second-order valence-electron chi connectivity index (χ2n) is 7.19. The molecule has 1 amide bonds. The molecule has 1 saturated heterocycles. The standard InChI is InChI=1S/C21H28N4O.BrH/c1-18-10-15-25(16-11-18)20-9-8-19(17-22-20)23-21(26)7-3-6-14-24-12-4-2-5-13-24;/h2,4-5,8-9,12-13,17-18H,3,6-7,10-11,14-16H2,1H3;1H. The van der Waals surface area contributed by atoms with Crippen LogP contribution in [0.3, 0.4) is 0 Å². The maximum absolute atomic E-state index is 12.1. The highest BCUT2D eigenvalue weighted by molar-refractivity contribution is 5.90. The fraction of sp³-hybridized carbons (Fsp3) is 0.476. The van der Waals surface area contributed by atoms with Crippen molar-refractivity contribution in [3.05, 3.63) is 48.9 Å². The average molecular weight is 433 g/mol. The van der Waals surface area contributed by atoms with Gasteiger partial charge in [-0.1, -0.05) is 13.0 Å². The topological polar surface area (TPSA) is 49.1 Å². The van der Waals surface area contributed by atoms with Gasteiger partial charge in [-0.25, -0.2) is 9.55 Å². The maximum atomic E-state index is 12.1. The molecule has 0 saturated carbocycles. The quantitative estimate of drug-likeness (QED) is 0.509. The zero-order valence-corrected chi connectivity index (χ0v) is 17.6. The third kappa shape index (κ3) is 6.94. The Morgan fingerprint density at radius 1 is 1.19 bits per heavy atom. The number of hydrogen-bond acceptors (Lipinski definition) is 3. The monoisotopic (exact) mass is 432 g/mol. The van der Waals surface area contributed by atoms with Gasteiger partial charge in [0.25, 0.3) is 0 Å². The van der Waals surface area contributed by atoms with Crippen LogP contribution in [0, 0.1) is 5.92 Å². The van der Waals surface area contributed by atoms with Crippen LogP contribution in [-0.4, -0.2) is 24.0 Å². The lowest BCUT2D eigenvalue weighted by molar-refractivity contribution is -0.697. The van der Waals surface area contributed by atoms with Gasteiger partial charge in [0.2, 0.25) is 5.91 Å². The normalized spacial score (nSPS) is 14.5. The van der Waals surface area contributed by atoms with Gasteiger partial charge in [0.15, 0.2) is 12.4 Å². The number of amides is 1. The third-order valence-corrected chi connectivity index (χ3v) is 4.99. The van der Waals surface area contributed by atoms with Gasteiger partial charge in [-0.2, -0.15) is 0 Å². The molecule has 27 heavy (non-hydrogen) atoms. The van der Waals surface area contributed by atoms with Gasteiger partial charge in [-0.05, 0) is 37.3 Å². The number of unbranched alkanes of at least 4 members (excludes halogenated alkanes) is 1. The molecule has 0 aliphatic carbocycles. The van der Waals surface area contributed by atoms with Crippen molar-refractivity contribution >= 4 is 17.4 Å². The highest BCUT2D eigenvalue weighted by Gasteiger charge is 2.16. The van der Waals surface area contributed by atoms with E-state index in [-0.39, 0.29) is 22.9 Å². The fourth-order valence-corrected chi connectivity index (χ4v) is 3.27. The van der Waals surface area contributed by atoms with E-state index in [0.29, 0.717) is 6.42 Å². The van der Waals surface area contributed by atoms with Crippen LogP contribution in [0.25, 0.3) is 0 Å². The van der Waals surface area contributed by atoms with E-state index in [9.17, 15) is 4.79 Å². The maximum Gasteiger partial charge on any atom is 0.224 e. The largest absolute Gasteiger partial charge is 1.00 e. The highest BCUT2D eigenvalue weighted by atomic mass is 79.9. The minimum Gasteiger partial charge on any atom is -1.00 e. The lowest BCUT2D eigenvalue weighted by Gasteiger charge is -2.31. The van der Waals surface area contributed by atoms with E-state index in [1.807, 2.05) is 30.3 Å². The first-order valence-electron chi connectivity index (χ1n) is 9.65. The van der Waals surface area contributed by atoms with Crippen LogP contribution in [0.4, 0.5) is 11.5 Å². The summed E-state index contributed by atoms with van der Waals surface area (Å²) in [6.45, 7) is 5.39. The molecular weight excluding hydrogens is 404 g/mol. The molecule has 6 heteroatoms. The number of anilines is 2. The first-order chi connectivity index (χ1) is 12.7. The van der Waals surface area contributed by atoms with E-state index in [0.717, 1.165) is 49.9 Å².